The lowest BCUT2D eigenvalue weighted by Gasteiger charge is -2.25. The number of furan rings is 1. The number of hydrogen-bond acceptors (Lipinski definition) is 8. The molecule has 210 valence electrons. The summed E-state index contributed by atoms with van der Waals surface area (Å²) in [6.45, 7) is 5.83. The van der Waals surface area contributed by atoms with Crippen LogP contribution in [0.2, 0.25) is 5.02 Å². The molecule has 0 saturated carbocycles. The summed E-state index contributed by atoms with van der Waals surface area (Å²) in [4.78, 5) is 44.3. The van der Waals surface area contributed by atoms with Gasteiger partial charge in [0.1, 0.15) is 11.5 Å². The number of carbonyl (C=O) groups is 2. The maximum Gasteiger partial charge on any atom is 0.338 e. The number of allylic oxidation sites excluding steroid dienone is 1. The van der Waals surface area contributed by atoms with E-state index < -0.39 is 18.0 Å². The molecule has 5 rings (SSSR count). The predicted molar refractivity (Wildman–Crippen MR) is 156 cm³/mol. The smallest absolute Gasteiger partial charge is 0.338 e. The maximum atomic E-state index is 13.9. The van der Waals surface area contributed by atoms with Gasteiger partial charge in [-0.1, -0.05) is 61.1 Å². The highest BCUT2D eigenvalue weighted by Crippen LogP contribution is 2.32. The first-order chi connectivity index (χ1) is 19.7. The summed E-state index contributed by atoms with van der Waals surface area (Å²) in [5.74, 6) is 0.133. The normalized spacial score (nSPS) is 15.1. The Morgan fingerprint density at radius 1 is 1.10 bits per heavy atom. The predicted octanol–water partition coefficient (Wildman–Crippen LogP) is 5.13. The van der Waals surface area contributed by atoms with Crippen LogP contribution in [0, 0.1) is 5.92 Å². The fourth-order valence-electron chi connectivity index (χ4n) is 4.50. The van der Waals surface area contributed by atoms with Crippen molar-refractivity contribution in [2.75, 3.05) is 13.7 Å². The number of hydrogen-bond donors (Lipinski definition) is 0. The Hall–Kier alpha value is -4.21. The molecule has 1 aliphatic heterocycles. The van der Waals surface area contributed by atoms with E-state index in [-0.39, 0.29) is 23.7 Å². The van der Waals surface area contributed by atoms with Gasteiger partial charge in [0.15, 0.2) is 4.80 Å². The third-order valence-electron chi connectivity index (χ3n) is 6.48. The monoisotopic (exact) mass is 590 g/mol. The quantitative estimate of drug-likeness (QED) is 0.277. The van der Waals surface area contributed by atoms with E-state index >= 15 is 0 Å². The lowest BCUT2D eigenvalue weighted by Crippen LogP contribution is -2.40. The van der Waals surface area contributed by atoms with E-state index in [1.807, 2.05) is 32.0 Å². The SMILES string of the molecule is COC(=O)c1ccc(C2C(C(=O)OCC(C)C)=C(C)N=c3sc(=Cc4ccc(-c5ccccc5Cl)o4)c(=O)n32)cc1. The van der Waals surface area contributed by atoms with Crippen LogP contribution in [-0.4, -0.2) is 30.2 Å². The number of nitrogens with zero attached hydrogens (tertiary/aromatic N) is 2. The Morgan fingerprint density at radius 2 is 1.83 bits per heavy atom. The Labute approximate surface area is 244 Å². The molecule has 0 saturated heterocycles. The fraction of sp³-hybridized carbons (Fsp3) is 0.226. The van der Waals surface area contributed by atoms with Gasteiger partial charge in [0.2, 0.25) is 0 Å². The number of thiazole rings is 1. The van der Waals surface area contributed by atoms with Crippen LogP contribution in [0.25, 0.3) is 17.4 Å². The molecule has 0 fully saturated rings. The van der Waals surface area contributed by atoms with Gasteiger partial charge in [-0.05, 0) is 54.8 Å². The lowest BCUT2D eigenvalue weighted by atomic mass is 9.95. The van der Waals surface area contributed by atoms with Crippen molar-refractivity contribution in [3.8, 4) is 11.3 Å². The standard InChI is InChI=1S/C31H27ClN2O6S/c1-17(2)16-39-30(37)26-18(3)33-31-34(27(26)19-9-11-20(12-10-19)29(36)38-4)28(35)25(41-31)15-21-13-14-24(40-21)22-7-5-6-8-23(22)32/h5-15,17,27H,16H2,1-4H3. The third kappa shape index (κ3) is 5.68. The Kier molecular flexibility index (Phi) is 8.10. The van der Waals surface area contributed by atoms with Crippen LogP contribution >= 0.6 is 22.9 Å². The van der Waals surface area contributed by atoms with Crippen molar-refractivity contribution in [1.29, 1.82) is 0 Å². The second kappa shape index (κ2) is 11.7. The summed E-state index contributed by atoms with van der Waals surface area (Å²) in [7, 11) is 1.31. The fourth-order valence-corrected chi connectivity index (χ4v) is 5.76. The van der Waals surface area contributed by atoms with Gasteiger partial charge in [-0.25, -0.2) is 14.6 Å². The molecule has 41 heavy (non-hydrogen) atoms. The maximum absolute atomic E-state index is 13.9. The first-order valence-electron chi connectivity index (χ1n) is 12.9. The summed E-state index contributed by atoms with van der Waals surface area (Å²) in [5.41, 5.74) is 2.08. The van der Waals surface area contributed by atoms with E-state index in [0.29, 0.717) is 42.7 Å². The number of ether oxygens (including phenoxy) is 2. The molecular formula is C31H27ClN2O6S. The van der Waals surface area contributed by atoms with Crippen LogP contribution in [0.15, 0.2) is 86.1 Å². The van der Waals surface area contributed by atoms with Crippen molar-refractivity contribution in [3.05, 3.63) is 114 Å². The molecule has 1 aliphatic rings. The van der Waals surface area contributed by atoms with Gasteiger partial charge < -0.3 is 13.9 Å². The zero-order valence-electron chi connectivity index (χ0n) is 22.8. The van der Waals surface area contributed by atoms with Crippen LogP contribution in [0.3, 0.4) is 0 Å². The molecule has 2 aromatic heterocycles. The van der Waals surface area contributed by atoms with E-state index in [1.165, 1.54) is 23.0 Å². The molecule has 0 spiro atoms. The molecule has 3 heterocycles. The Morgan fingerprint density at radius 3 is 2.51 bits per heavy atom. The average molecular weight is 591 g/mol. The first-order valence-corrected chi connectivity index (χ1v) is 14.1. The molecule has 0 radical (unpaired) electrons. The van der Waals surface area contributed by atoms with E-state index in [0.717, 1.165) is 5.56 Å². The summed E-state index contributed by atoms with van der Waals surface area (Å²) in [6, 6.07) is 16.7. The second-order valence-electron chi connectivity index (χ2n) is 9.87. The highest BCUT2D eigenvalue weighted by Gasteiger charge is 2.33. The topological polar surface area (TPSA) is 100 Å². The highest BCUT2D eigenvalue weighted by atomic mass is 35.5. The summed E-state index contributed by atoms with van der Waals surface area (Å²) < 4.78 is 18.3. The Balaban J connectivity index is 1.62. The lowest BCUT2D eigenvalue weighted by molar-refractivity contribution is -0.140. The molecule has 10 heteroatoms. The van der Waals surface area contributed by atoms with Crippen molar-refractivity contribution < 1.29 is 23.5 Å². The van der Waals surface area contributed by atoms with E-state index in [2.05, 4.69) is 4.99 Å². The zero-order chi connectivity index (χ0) is 29.3. The summed E-state index contributed by atoms with van der Waals surface area (Å²) in [5, 5.41) is 0.554. The molecule has 2 aromatic carbocycles. The summed E-state index contributed by atoms with van der Waals surface area (Å²) >= 11 is 7.51. The van der Waals surface area contributed by atoms with Crippen molar-refractivity contribution >= 4 is 41.0 Å². The molecular weight excluding hydrogens is 564 g/mol. The molecule has 0 amide bonds. The third-order valence-corrected chi connectivity index (χ3v) is 7.79. The average Bonchev–Trinajstić information content (AvgIpc) is 3.54. The number of halogens is 1. The zero-order valence-corrected chi connectivity index (χ0v) is 24.4. The van der Waals surface area contributed by atoms with Crippen molar-refractivity contribution in [3.63, 3.8) is 0 Å². The number of rotatable bonds is 7. The van der Waals surface area contributed by atoms with Crippen LogP contribution < -0.4 is 14.9 Å². The minimum atomic E-state index is -0.810. The second-order valence-corrected chi connectivity index (χ2v) is 11.3. The van der Waals surface area contributed by atoms with Gasteiger partial charge in [-0.2, -0.15) is 0 Å². The minimum Gasteiger partial charge on any atom is -0.465 e. The van der Waals surface area contributed by atoms with Gasteiger partial charge in [0.05, 0.1) is 46.1 Å². The van der Waals surface area contributed by atoms with Crippen LogP contribution in [0.5, 0.6) is 0 Å². The van der Waals surface area contributed by atoms with Crippen molar-refractivity contribution in [1.82, 2.24) is 4.57 Å². The number of aromatic nitrogens is 1. The molecule has 1 unspecified atom stereocenters. The molecule has 0 bridgehead atoms. The van der Waals surface area contributed by atoms with Gasteiger partial charge in [0.25, 0.3) is 5.56 Å². The van der Waals surface area contributed by atoms with Crippen LogP contribution in [-0.2, 0) is 14.3 Å². The Bertz CT molecular complexity index is 1850. The number of fused-ring (bicyclic) bond motifs is 1. The van der Waals surface area contributed by atoms with E-state index in [9.17, 15) is 14.4 Å². The van der Waals surface area contributed by atoms with Gasteiger partial charge >= 0.3 is 11.9 Å². The van der Waals surface area contributed by atoms with Gasteiger partial charge in [-0.15, -0.1) is 0 Å². The van der Waals surface area contributed by atoms with Crippen molar-refractivity contribution in [2.24, 2.45) is 10.9 Å². The highest BCUT2D eigenvalue weighted by molar-refractivity contribution is 7.07. The molecule has 8 nitrogen and oxygen atoms in total. The molecule has 4 aromatic rings. The van der Waals surface area contributed by atoms with E-state index in [4.69, 9.17) is 25.5 Å². The van der Waals surface area contributed by atoms with Crippen LogP contribution in [0.1, 0.15) is 48.5 Å². The molecule has 0 N–H and O–H groups in total. The number of benzene rings is 2. The number of methoxy groups -OCH3 is 1. The minimum absolute atomic E-state index is 0.128. The largest absolute Gasteiger partial charge is 0.465 e. The summed E-state index contributed by atoms with van der Waals surface area (Å²) in [6.07, 6.45) is 1.65. The number of esters is 2. The van der Waals surface area contributed by atoms with Crippen molar-refractivity contribution in [2.45, 2.75) is 26.8 Å². The molecule has 0 aliphatic carbocycles. The van der Waals surface area contributed by atoms with Crippen LogP contribution in [0.4, 0.5) is 0 Å². The number of carbonyl (C=O) groups excluding carboxylic acids is 2. The van der Waals surface area contributed by atoms with Gasteiger partial charge in [-0.3, -0.25) is 9.36 Å². The van der Waals surface area contributed by atoms with Gasteiger partial charge in [0, 0.05) is 11.6 Å². The first kappa shape index (κ1) is 28.3. The molecule has 1 atom stereocenters. The van der Waals surface area contributed by atoms with E-state index in [1.54, 1.807) is 55.5 Å².